The first-order valence-electron chi connectivity index (χ1n) is 9.21. The number of hydrogen-bond acceptors (Lipinski definition) is 7. The molecule has 0 fully saturated rings. The van der Waals surface area contributed by atoms with Crippen molar-refractivity contribution in [1.29, 1.82) is 0 Å². The molecule has 5 N–H and O–H groups in total. The molecule has 1 atom stereocenters. The second-order valence-electron chi connectivity index (χ2n) is 6.57. The molecule has 0 aliphatic carbocycles. The van der Waals surface area contributed by atoms with E-state index in [0.717, 1.165) is 11.1 Å². The molecule has 1 aromatic carbocycles. The van der Waals surface area contributed by atoms with Crippen LogP contribution in [0.4, 0.5) is 0 Å². The average molecular weight is 417 g/mol. The number of aromatic nitrogens is 2. The van der Waals surface area contributed by atoms with Gasteiger partial charge < -0.3 is 26.0 Å². The van der Waals surface area contributed by atoms with E-state index in [2.05, 4.69) is 20.8 Å². The van der Waals surface area contributed by atoms with Crippen LogP contribution in [0.25, 0.3) is 11.4 Å². The number of aryl methyl sites for hydroxylation is 2. The van der Waals surface area contributed by atoms with Crippen molar-refractivity contribution >= 4 is 23.7 Å². The van der Waals surface area contributed by atoms with Gasteiger partial charge in [-0.05, 0) is 18.4 Å². The minimum absolute atomic E-state index is 0.0906. The summed E-state index contributed by atoms with van der Waals surface area (Å²) in [5, 5.41) is 17.4. The smallest absolute Gasteiger partial charge is 0.303 e. The number of carboxylic acid groups (broad SMARTS) is 1. The molecular weight excluding hydrogens is 394 g/mol. The predicted octanol–water partition coefficient (Wildman–Crippen LogP) is -0.0713. The fourth-order valence-electron chi connectivity index (χ4n) is 2.60. The molecule has 0 saturated heterocycles. The van der Waals surface area contributed by atoms with Gasteiger partial charge in [0.05, 0.1) is 6.54 Å². The van der Waals surface area contributed by atoms with Gasteiger partial charge in [-0.25, -0.2) is 0 Å². The summed E-state index contributed by atoms with van der Waals surface area (Å²) >= 11 is 0. The first kappa shape index (κ1) is 22.5. The Balaban J connectivity index is 1.89. The Bertz CT molecular complexity index is 908. The van der Waals surface area contributed by atoms with Crippen molar-refractivity contribution in [1.82, 2.24) is 20.8 Å². The van der Waals surface area contributed by atoms with Crippen LogP contribution in [0.15, 0.2) is 28.8 Å². The Morgan fingerprint density at radius 1 is 1.17 bits per heavy atom. The van der Waals surface area contributed by atoms with Crippen molar-refractivity contribution < 1.29 is 28.8 Å². The van der Waals surface area contributed by atoms with Gasteiger partial charge in [0, 0.05) is 25.3 Å². The average Bonchev–Trinajstić information content (AvgIpc) is 3.14. The lowest BCUT2D eigenvalue weighted by Gasteiger charge is -2.17. The number of nitrogens with two attached hydrogens (primary N) is 1. The van der Waals surface area contributed by atoms with E-state index in [1.54, 1.807) is 6.92 Å². The van der Waals surface area contributed by atoms with Crippen LogP contribution in [0.5, 0.6) is 0 Å². The molecule has 2 aromatic rings. The van der Waals surface area contributed by atoms with Gasteiger partial charge in [0.25, 0.3) is 0 Å². The highest BCUT2D eigenvalue weighted by atomic mass is 16.5. The zero-order valence-corrected chi connectivity index (χ0v) is 16.4. The summed E-state index contributed by atoms with van der Waals surface area (Å²) in [6, 6.07) is 6.21. The number of nitrogens with zero attached hydrogens (tertiary/aromatic N) is 2. The van der Waals surface area contributed by atoms with Gasteiger partial charge in [-0.1, -0.05) is 29.4 Å². The Morgan fingerprint density at radius 2 is 1.87 bits per heavy atom. The van der Waals surface area contributed by atoms with Gasteiger partial charge in [-0.2, -0.15) is 4.98 Å². The number of aliphatic carboxylic acids is 1. The Kier molecular flexibility index (Phi) is 8.03. The summed E-state index contributed by atoms with van der Waals surface area (Å²) < 4.78 is 4.94. The molecule has 1 aromatic heterocycles. The van der Waals surface area contributed by atoms with Crippen molar-refractivity contribution in [3.05, 3.63) is 35.7 Å². The highest BCUT2D eigenvalue weighted by Crippen LogP contribution is 2.17. The maximum atomic E-state index is 12.2. The molecule has 0 radical (unpaired) electrons. The van der Waals surface area contributed by atoms with Crippen molar-refractivity contribution in [3.8, 4) is 11.4 Å². The SMILES string of the molecule is Cc1nc(-c2ccc(CCC(=O)N[C@@H](CCC(=O)O)C(=O)NCC(N)=O)cc2)no1. The van der Waals surface area contributed by atoms with E-state index < -0.39 is 36.3 Å². The van der Waals surface area contributed by atoms with Gasteiger partial charge in [0.15, 0.2) is 0 Å². The number of carbonyl (C=O) groups is 4. The fraction of sp³-hybridized carbons (Fsp3) is 0.368. The van der Waals surface area contributed by atoms with Crippen LogP contribution < -0.4 is 16.4 Å². The number of carbonyl (C=O) groups excluding carboxylic acids is 3. The minimum atomic E-state index is -1.10. The van der Waals surface area contributed by atoms with Crippen LogP contribution in [0, 0.1) is 6.92 Å². The normalized spacial score (nSPS) is 11.5. The summed E-state index contributed by atoms with van der Waals surface area (Å²) in [7, 11) is 0. The number of primary amides is 1. The summed E-state index contributed by atoms with van der Waals surface area (Å²) in [6.07, 6.45) is 0.0791. The third-order valence-corrected chi connectivity index (χ3v) is 4.12. The first-order valence-corrected chi connectivity index (χ1v) is 9.21. The standard InChI is InChI=1S/C19H23N5O6/c1-11-22-18(24-30-11)13-5-2-12(3-6-13)4-8-16(26)23-14(7-9-17(27)28)19(29)21-10-15(20)25/h2-3,5-6,14H,4,7-10H2,1H3,(H2,20,25)(H,21,29)(H,23,26)(H,27,28)/t14-/m0/s1. The van der Waals surface area contributed by atoms with Crippen LogP contribution in [0.3, 0.4) is 0 Å². The lowest BCUT2D eigenvalue weighted by molar-refractivity contribution is -0.138. The monoisotopic (exact) mass is 417 g/mol. The van der Waals surface area contributed by atoms with E-state index in [9.17, 15) is 19.2 Å². The predicted molar refractivity (Wildman–Crippen MR) is 104 cm³/mol. The number of hydrogen-bond donors (Lipinski definition) is 4. The molecule has 30 heavy (non-hydrogen) atoms. The van der Waals surface area contributed by atoms with E-state index >= 15 is 0 Å². The molecule has 0 saturated carbocycles. The zero-order chi connectivity index (χ0) is 22.1. The van der Waals surface area contributed by atoms with E-state index in [0.29, 0.717) is 18.1 Å². The van der Waals surface area contributed by atoms with Crippen molar-refractivity contribution in [2.24, 2.45) is 5.73 Å². The molecule has 0 aliphatic heterocycles. The second-order valence-corrected chi connectivity index (χ2v) is 6.57. The Labute approximate surface area is 172 Å². The molecule has 0 bridgehead atoms. The van der Waals surface area contributed by atoms with Crippen molar-refractivity contribution in [2.75, 3.05) is 6.54 Å². The van der Waals surface area contributed by atoms with Crippen molar-refractivity contribution in [3.63, 3.8) is 0 Å². The summed E-state index contributed by atoms with van der Waals surface area (Å²) in [5.41, 5.74) is 6.64. The topological polar surface area (TPSA) is 178 Å². The molecule has 0 unspecified atom stereocenters. The number of benzene rings is 1. The van der Waals surface area contributed by atoms with E-state index in [4.69, 9.17) is 15.4 Å². The maximum Gasteiger partial charge on any atom is 0.303 e. The van der Waals surface area contributed by atoms with Gasteiger partial charge >= 0.3 is 5.97 Å². The number of carboxylic acids is 1. The Hall–Kier alpha value is -3.76. The minimum Gasteiger partial charge on any atom is -0.481 e. The largest absolute Gasteiger partial charge is 0.481 e. The van der Waals surface area contributed by atoms with Crippen LogP contribution in [-0.4, -0.2) is 51.5 Å². The van der Waals surface area contributed by atoms with Crippen molar-refractivity contribution in [2.45, 2.75) is 38.6 Å². The van der Waals surface area contributed by atoms with Gasteiger partial charge in [0.2, 0.25) is 29.4 Å². The highest BCUT2D eigenvalue weighted by molar-refractivity contribution is 5.90. The Morgan fingerprint density at radius 3 is 2.43 bits per heavy atom. The summed E-state index contributed by atoms with van der Waals surface area (Å²) in [6.45, 7) is 1.30. The molecule has 11 heteroatoms. The van der Waals surface area contributed by atoms with Crippen LogP contribution >= 0.6 is 0 Å². The number of nitrogens with one attached hydrogen (secondary N) is 2. The highest BCUT2D eigenvalue weighted by Gasteiger charge is 2.22. The van der Waals surface area contributed by atoms with Gasteiger partial charge in [-0.15, -0.1) is 0 Å². The van der Waals surface area contributed by atoms with E-state index in [-0.39, 0.29) is 19.3 Å². The lowest BCUT2D eigenvalue weighted by atomic mass is 10.1. The third-order valence-electron chi connectivity index (χ3n) is 4.12. The quantitative estimate of drug-likeness (QED) is 0.392. The van der Waals surface area contributed by atoms with Crippen LogP contribution in [0.1, 0.15) is 30.7 Å². The second kappa shape index (κ2) is 10.7. The zero-order valence-electron chi connectivity index (χ0n) is 16.4. The number of rotatable bonds is 11. The number of amides is 3. The van der Waals surface area contributed by atoms with E-state index in [1.807, 2.05) is 24.3 Å². The van der Waals surface area contributed by atoms with E-state index in [1.165, 1.54) is 0 Å². The third kappa shape index (κ3) is 7.34. The molecule has 3 amide bonds. The molecular formula is C19H23N5O6. The first-order chi connectivity index (χ1) is 14.2. The fourth-order valence-corrected chi connectivity index (χ4v) is 2.60. The van der Waals surface area contributed by atoms with Crippen LogP contribution in [-0.2, 0) is 25.6 Å². The maximum absolute atomic E-state index is 12.2. The lowest BCUT2D eigenvalue weighted by Crippen LogP contribution is -2.48. The molecule has 1 heterocycles. The summed E-state index contributed by atoms with van der Waals surface area (Å²) in [4.78, 5) is 50.1. The van der Waals surface area contributed by atoms with Gasteiger partial charge in [0.1, 0.15) is 6.04 Å². The molecule has 160 valence electrons. The molecule has 11 nitrogen and oxygen atoms in total. The van der Waals surface area contributed by atoms with Gasteiger partial charge in [-0.3, -0.25) is 19.2 Å². The molecule has 2 rings (SSSR count). The molecule has 0 spiro atoms. The van der Waals surface area contributed by atoms with Crippen LogP contribution in [0.2, 0.25) is 0 Å². The molecule has 0 aliphatic rings. The summed E-state index contributed by atoms with van der Waals surface area (Å²) in [5.74, 6) is -2.00.